The number of aliphatic carboxylic acids is 2. The maximum absolute atomic E-state index is 11.0. The summed E-state index contributed by atoms with van der Waals surface area (Å²) in [6.07, 6.45) is 5.08. The fourth-order valence-corrected chi connectivity index (χ4v) is 3.61. The van der Waals surface area contributed by atoms with Crippen LogP contribution in [-0.2, 0) is 9.59 Å². The number of hydrogen-bond acceptors (Lipinski definition) is 3. The molecule has 172 valence electrons. The van der Waals surface area contributed by atoms with Crippen molar-refractivity contribution in [2.75, 3.05) is 4.90 Å². The zero-order valence-corrected chi connectivity index (χ0v) is 18.8. The Bertz CT molecular complexity index is 1300. The molecule has 0 aliphatic rings. The second-order valence-corrected chi connectivity index (χ2v) is 7.77. The highest BCUT2D eigenvalue weighted by Gasteiger charge is 2.15. The third-order valence-corrected chi connectivity index (χ3v) is 5.36. The lowest BCUT2D eigenvalue weighted by molar-refractivity contribution is -0.140. The second kappa shape index (κ2) is 10.8. The summed E-state index contributed by atoms with van der Waals surface area (Å²) in [6, 6.07) is 35.6. The quantitative estimate of drug-likeness (QED) is 0.129. The predicted octanol–water partition coefficient (Wildman–Crippen LogP) is 6.88. The van der Waals surface area contributed by atoms with Gasteiger partial charge in [-0.1, -0.05) is 84.9 Å². The number of para-hydroxylation sites is 2. The molecule has 4 aromatic carbocycles. The van der Waals surface area contributed by atoms with Gasteiger partial charge < -0.3 is 15.1 Å². The summed E-state index contributed by atoms with van der Waals surface area (Å²) in [4.78, 5) is 24.3. The van der Waals surface area contributed by atoms with Gasteiger partial charge in [-0.15, -0.1) is 0 Å². The summed E-state index contributed by atoms with van der Waals surface area (Å²) >= 11 is 0. The van der Waals surface area contributed by atoms with Crippen LogP contribution in [0.25, 0.3) is 18.2 Å². The van der Waals surface area contributed by atoms with Gasteiger partial charge in [-0.2, -0.15) is 0 Å². The summed E-state index contributed by atoms with van der Waals surface area (Å²) < 4.78 is 0. The van der Waals surface area contributed by atoms with Crippen molar-refractivity contribution in [3.63, 3.8) is 0 Å². The molecule has 0 aromatic heterocycles. The highest BCUT2D eigenvalue weighted by atomic mass is 16.4. The van der Waals surface area contributed by atoms with E-state index in [0.29, 0.717) is 5.56 Å². The minimum Gasteiger partial charge on any atom is -0.477 e. The molecule has 35 heavy (non-hydrogen) atoms. The molecule has 5 heteroatoms. The molecule has 0 heterocycles. The smallest absolute Gasteiger partial charge is 0.343 e. The van der Waals surface area contributed by atoms with Crippen LogP contribution in [0.4, 0.5) is 17.1 Å². The topological polar surface area (TPSA) is 77.8 Å². The van der Waals surface area contributed by atoms with E-state index >= 15 is 0 Å². The summed E-state index contributed by atoms with van der Waals surface area (Å²) in [5.41, 5.74) is 4.96. The van der Waals surface area contributed by atoms with E-state index in [-0.39, 0.29) is 0 Å². The maximum Gasteiger partial charge on any atom is 0.343 e. The number of hydrogen-bond donors (Lipinski definition) is 2. The third kappa shape index (κ3) is 5.92. The Morgan fingerprint density at radius 3 is 1.31 bits per heavy atom. The van der Waals surface area contributed by atoms with Crippen molar-refractivity contribution in [3.05, 3.63) is 131 Å². The van der Waals surface area contributed by atoms with Gasteiger partial charge in [0.25, 0.3) is 0 Å². The Balaban J connectivity index is 1.53. The van der Waals surface area contributed by atoms with Crippen molar-refractivity contribution in [2.45, 2.75) is 0 Å². The van der Waals surface area contributed by atoms with E-state index in [4.69, 9.17) is 10.2 Å². The number of rotatable bonds is 8. The number of anilines is 3. The fraction of sp³-hybridized carbons (Fsp3) is 0. The van der Waals surface area contributed by atoms with E-state index in [9.17, 15) is 9.59 Å². The van der Waals surface area contributed by atoms with Gasteiger partial charge in [0, 0.05) is 17.1 Å². The van der Waals surface area contributed by atoms with E-state index < -0.39 is 17.5 Å². The first-order valence-electron chi connectivity index (χ1n) is 11.0. The molecular formula is C30H23NO4. The van der Waals surface area contributed by atoms with Gasteiger partial charge in [-0.3, -0.25) is 0 Å². The molecular weight excluding hydrogens is 438 g/mol. The maximum atomic E-state index is 11.0. The molecule has 0 unspecified atom stereocenters. The molecule has 2 N–H and O–H groups in total. The van der Waals surface area contributed by atoms with Crippen molar-refractivity contribution in [3.8, 4) is 0 Å². The molecule has 0 bridgehead atoms. The number of carbonyl (C=O) groups is 2. The summed E-state index contributed by atoms with van der Waals surface area (Å²) in [5, 5.41) is 18.0. The molecule has 4 aromatic rings. The first-order chi connectivity index (χ1) is 17.0. The Morgan fingerprint density at radius 2 is 0.886 bits per heavy atom. The third-order valence-electron chi connectivity index (χ3n) is 5.36. The van der Waals surface area contributed by atoms with E-state index in [2.05, 4.69) is 41.3 Å². The minimum absolute atomic E-state index is 0.508. The SMILES string of the molecule is O=C(O)C(=Cc1ccc(/C=C/c2ccc(N(c3ccccc3)c3ccccc3)cc2)cc1)C(=O)O. The molecule has 0 saturated carbocycles. The van der Waals surface area contributed by atoms with E-state index in [0.717, 1.165) is 34.3 Å². The van der Waals surface area contributed by atoms with E-state index in [1.165, 1.54) is 0 Å². The van der Waals surface area contributed by atoms with Crippen LogP contribution in [0.1, 0.15) is 16.7 Å². The molecule has 0 radical (unpaired) electrons. The Morgan fingerprint density at radius 1 is 0.514 bits per heavy atom. The first-order valence-corrected chi connectivity index (χ1v) is 11.0. The lowest BCUT2D eigenvalue weighted by Gasteiger charge is -2.25. The summed E-state index contributed by atoms with van der Waals surface area (Å²) in [5.74, 6) is -2.94. The predicted molar refractivity (Wildman–Crippen MR) is 140 cm³/mol. The van der Waals surface area contributed by atoms with Gasteiger partial charge in [0.2, 0.25) is 0 Å². The Hall–Kier alpha value is -4.90. The normalized spacial score (nSPS) is 10.6. The molecule has 0 atom stereocenters. The van der Waals surface area contributed by atoms with Crippen molar-refractivity contribution in [2.24, 2.45) is 0 Å². The number of carboxylic acid groups (broad SMARTS) is 2. The Labute approximate surface area is 203 Å². The number of nitrogens with zero attached hydrogens (tertiary/aromatic N) is 1. The lowest BCUT2D eigenvalue weighted by Crippen LogP contribution is -2.10. The number of benzene rings is 4. The highest BCUT2D eigenvalue weighted by molar-refractivity contribution is 6.16. The number of carboxylic acids is 2. The van der Waals surface area contributed by atoms with Crippen LogP contribution in [0.5, 0.6) is 0 Å². The van der Waals surface area contributed by atoms with Gasteiger partial charge >= 0.3 is 11.9 Å². The largest absolute Gasteiger partial charge is 0.477 e. The summed E-state index contributed by atoms with van der Waals surface area (Å²) in [7, 11) is 0. The van der Waals surface area contributed by atoms with Crippen LogP contribution < -0.4 is 4.90 Å². The minimum atomic E-state index is -1.47. The van der Waals surface area contributed by atoms with Crippen molar-refractivity contribution >= 4 is 47.2 Å². The molecule has 5 nitrogen and oxygen atoms in total. The fourth-order valence-electron chi connectivity index (χ4n) is 3.61. The molecule has 0 amide bonds. The van der Waals surface area contributed by atoms with Crippen LogP contribution >= 0.6 is 0 Å². The van der Waals surface area contributed by atoms with E-state index in [1.54, 1.807) is 12.1 Å². The van der Waals surface area contributed by atoms with Crippen LogP contribution in [0.2, 0.25) is 0 Å². The first kappa shape index (κ1) is 23.3. The van der Waals surface area contributed by atoms with Crippen molar-refractivity contribution < 1.29 is 19.8 Å². The van der Waals surface area contributed by atoms with Crippen LogP contribution in [0.3, 0.4) is 0 Å². The molecule has 0 spiro atoms. The van der Waals surface area contributed by atoms with Gasteiger partial charge in [0.05, 0.1) is 0 Å². The molecule has 4 rings (SSSR count). The van der Waals surface area contributed by atoms with Crippen molar-refractivity contribution in [1.82, 2.24) is 0 Å². The average Bonchev–Trinajstić information content (AvgIpc) is 2.88. The highest BCUT2D eigenvalue weighted by Crippen LogP contribution is 2.34. The monoisotopic (exact) mass is 461 g/mol. The van der Waals surface area contributed by atoms with Gasteiger partial charge in [-0.05, 0) is 59.2 Å². The second-order valence-electron chi connectivity index (χ2n) is 7.77. The zero-order valence-electron chi connectivity index (χ0n) is 18.8. The average molecular weight is 462 g/mol. The lowest BCUT2D eigenvalue weighted by atomic mass is 10.1. The molecule has 0 aliphatic carbocycles. The van der Waals surface area contributed by atoms with Crippen LogP contribution in [-0.4, -0.2) is 22.2 Å². The Kier molecular flexibility index (Phi) is 7.19. The summed E-state index contributed by atoms with van der Waals surface area (Å²) in [6.45, 7) is 0. The van der Waals surface area contributed by atoms with Crippen molar-refractivity contribution in [1.29, 1.82) is 0 Å². The zero-order chi connectivity index (χ0) is 24.6. The van der Waals surface area contributed by atoms with Crippen LogP contribution in [0, 0.1) is 0 Å². The van der Waals surface area contributed by atoms with E-state index in [1.807, 2.05) is 72.8 Å². The van der Waals surface area contributed by atoms with Crippen LogP contribution in [0.15, 0.2) is 115 Å². The molecule has 0 saturated heterocycles. The van der Waals surface area contributed by atoms with Gasteiger partial charge in [0.15, 0.2) is 0 Å². The molecule has 0 aliphatic heterocycles. The van der Waals surface area contributed by atoms with Gasteiger partial charge in [0.1, 0.15) is 5.57 Å². The van der Waals surface area contributed by atoms with Gasteiger partial charge in [-0.25, -0.2) is 9.59 Å². The molecule has 0 fully saturated rings. The standard InChI is InChI=1S/C30H23NO4/c32-29(33)28(30(34)35)21-24-15-13-22(14-16-24)11-12-23-17-19-27(20-18-23)31(25-7-3-1-4-8-25)26-9-5-2-6-10-26/h1-21H,(H,32,33)(H,34,35)/b12-11+.